The van der Waals surface area contributed by atoms with E-state index in [2.05, 4.69) is 0 Å². The number of likely N-dealkylation sites (tertiary alicyclic amines) is 1. The Morgan fingerprint density at radius 3 is 2.68 bits per heavy atom. The molecule has 2 N–H and O–H groups in total. The van der Waals surface area contributed by atoms with Crippen molar-refractivity contribution in [3.63, 3.8) is 0 Å². The monoisotopic (exact) mass is 387 g/mol. The number of halogens is 1. The smallest absolute Gasteiger partial charge is 0.314 e. The molecular formula is C21H22FNO5. The summed E-state index contributed by atoms with van der Waals surface area (Å²) >= 11 is 0. The zero-order chi connectivity index (χ0) is 20.3. The van der Waals surface area contributed by atoms with Crippen LogP contribution >= 0.6 is 0 Å². The number of carbonyl (C=O) groups excluding carboxylic acids is 1. The molecule has 0 saturated carbocycles. The first kappa shape index (κ1) is 19.8. The summed E-state index contributed by atoms with van der Waals surface area (Å²) in [6, 6.07) is 12.5. The summed E-state index contributed by atoms with van der Waals surface area (Å²) in [7, 11) is 1.51. The molecule has 0 spiro atoms. The van der Waals surface area contributed by atoms with Crippen LogP contribution in [0.15, 0.2) is 48.5 Å². The predicted octanol–water partition coefficient (Wildman–Crippen LogP) is 2.35. The van der Waals surface area contributed by atoms with Crippen LogP contribution in [0.3, 0.4) is 0 Å². The number of carboxylic acid groups (broad SMARTS) is 1. The molecule has 0 aliphatic carbocycles. The highest BCUT2D eigenvalue weighted by Gasteiger charge is 2.50. The van der Waals surface area contributed by atoms with Gasteiger partial charge >= 0.3 is 5.97 Å². The number of carbonyl (C=O) groups is 2. The van der Waals surface area contributed by atoms with Crippen LogP contribution in [0.5, 0.6) is 5.75 Å². The molecule has 6 nitrogen and oxygen atoms in total. The van der Waals surface area contributed by atoms with Crippen molar-refractivity contribution in [2.75, 3.05) is 20.2 Å². The Kier molecular flexibility index (Phi) is 5.65. The van der Waals surface area contributed by atoms with Crippen molar-refractivity contribution in [3.8, 4) is 5.75 Å². The lowest BCUT2D eigenvalue weighted by Crippen LogP contribution is -2.58. The largest absolute Gasteiger partial charge is 0.497 e. The van der Waals surface area contributed by atoms with Crippen molar-refractivity contribution in [3.05, 3.63) is 65.5 Å². The molecule has 0 unspecified atom stereocenters. The van der Waals surface area contributed by atoms with Crippen LogP contribution in [0.25, 0.3) is 0 Å². The molecule has 7 heteroatoms. The molecule has 148 valence electrons. The number of aliphatic hydroxyl groups is 1. The SMILES string of the molecule is COc1cccc(C[C@@]2(C(=O)O)CN(C(=O)c3ccccc3F)CC[C@@H]2O)c1. The predicted molar refractivity (Wildman–Crippen MR) is 99.7 cm³/mol. The van der Waals surface area contributed by atoms with Crippen molar-refractivity contribution >= 4 is 11.9 Å². The number of piperidine rings is 1. The second-order valence-electron chi connectivity index (χ2n) is 7.00. The van der Waals surface area contributed by atoms with Gasteiger partial charge < -0.3 is 19.8 Å². The molecule has 1 fully saturated rings. The first-order valence-electron chi connectivity index (χ1n) is 8.95. The number of aliphatic carboxylic acids is 1. The molecular weight excluding hydrogens is 365 g/mol. The second-order valence-corrected chi connectivity index (χ2v) is 7.00. The summed E-state index contributed by atoms with van der Waals surface area (Å²) in [5.74, 6) is -1.87. The Balaban J connectivity index is 1.92. The maximum atomic E-state index is 14.0. The van der Waals surface area contributed by atoms with Crippen molar-refractivity contribution < 1.29 is 28.9 Å². The van der Waals surface area contributed by atoms with Gasteiger partial charge in [0.2, 0.25) is 0 Å². The number of nitrogens with zero attached hydrogens (tertiary/aromatic N) is 1. The third kappa shape index (κ3) is 3.71. The summed E-state index contributed by atoms with van der Waals surface area (Å²) in [5, 5.41) is 20.5. The molecule has 0 radical (unpaired) electrons. The maximum Gasteiger partial charge on any atom is 0.314 e. The molecule has 1 aliphatic heterocycles. The Bertz CT molecular complexity index is 887. The van der Waals surface area contributed by atoms with Crippen LogP contribution < -0.4 is 4.74 Å². The lowest BCUT2D eigenvalue weighted by atomic mass is 9.72. The lowest BCUT2D eigenvalue weighted by molar-refractivity contribution is -0.161. The highest BCUT2D eigenvalue weighted by molar-refractivity contribution is 5.95. The summed E-state index contributed by atoms with van der Waals surface area (Å²) in [6.07, 6.45) is -1.03. The molecule has 28 heavy (non-hydrogen) atoms. The van der Waals surface area contributed by atoms with E-state index in [9.17, 15) is 24.2 Å². The Hall–Kier alpha value is -2.93. The van der Waals surface area contributed by atoms with Crippen LogP contribution in [0.2, 0.25) is 0 Å². The van der Waals surface area contributed by atoms with Gasteiger partial charge in [0.1, 0.15) is 17.0 Å². The van der Waals surface area contributed by atoms with Crippen LogP contribution in [0.1, 0.15) is 22.3 Å². The van der Waals surface area contributed by atoms with Gasteiger partial charge in [-0.2, -0.15) is 0 Å². The van der Waals surface area contributed by atoms with Gasteiger partial charge in [-0.1, -0.05) is 24.3 Å². The molecule has 2 aromatic rings. The van der Waals surface area contributed by atoms with Gasteiger partial charge in [0.15, 0.2) is 0 Å². The van der Waals surface area contributed by atoms with E-state index < -0.39 is 29.2 Å². The molecule has 2 aromatic carbocycles. The highest BCUT2D eigenvalue weighted by Crippen LogP contribution is 2.36. The van der Waals surface area contributed by atoms with E-state index in [-0.39, 0.29) is 31.5 Å². The van der Waals surface area contributed by atoms with E-state index in [0.717, 1.165) is 0 Å². The molecule has 1 saturated heterocycles. The summed E-state index contributed by atoms with van der Waals surface area (Å²) in [6.45, 7) is -0.0602. The van der Waals surface area contributed by atoms with Crippen LogP contribution in [0.4, 0.5) is 4.39 Å². The van der Waals surface area contributed by atoms with E-state index in [1.165, 1.54) is 30.2 Å². The van der Waals surface area contributed by atoms with E-state index in [0.29, 0.717) is 11.3 Å². The molecule has 0 aromatic heterocycles. The van der Waals surface area contributed by atoms with E-state index >= 15 is 0 Å². The number of amides is 1. The van der Waals surface area contributed by atoms with Crippen LogP contribution in [-0.2, 0) is 11.2 Å². The summed E-state index contributed by atoms with van der Waals surface area (Å²) in [5.41, 5.74) is -1.04. The molecule has 3 rings (SSSR count). The summed E-state index contributed by atoms with van der Waals surface area (Å²) < 4.78 is 19.2. The Labute approximate surface area is 162 Å². The number of hydrogen-bond acceptors (Lipinski definition) is 4. The number of methoxy groups -OCH3 is 1. The number of carboxylic acids is 1. The summed E-state index contributed by atoms with van der Waals surface area (Å²) in [4.78, 5) is 26.3. The average molecular weight is 387 g/mol. The van der Waals surface area contributed by atoms with E-state index in [4.69, 9.17) is 4.74 Å². The first-order chi connectivity index (χ1) is 13.4. The lowest BCUT2D eigenvalue weighted by Gasteiger charge is -2.43. The number of aliphatic hydroxyl groups excluding tert-OH is 1. The second kappa shape index (κ2) is 7.98. The molecule has 1 aliphatic rings. The van der Waals surface area contributed by atoms with Gasteiger partial charge in [-0.25, -0.2) is 4.39 Å². The first-order valence-corrected chi connectivity index (χ1v) is 8.95. The minimum Gasteiger partial charge on any atom is -0.497 e. The van der Waals surface area contributed by atoms with Gasteiger partial charge in [0.25, 0.3) is 5.91 Å². The van der Waals surface area contributed by atoms with Crippen LogP contribution in [0, 0.1) is 11.2 Å². The average Bonchev–Trinajstić information content (AvgIpc) is 2.69. The standard InChI is InChI=1S/C21H22FNO5/c1-28-15-6-4-5-14(11-15)12-21(20(26)27)13-23(10-9-18(21)24)19(25)16-7-2-3-8-17(16)22/h2-8,11,18,24H,9-10,12-13H2,1H3,(H,26,27)/t18-,21+/m0/s1. The van der Waals surface area contributed by atoms with Gasteiger partial charge in [0, 0.05) is 13.1 Å². The minimum atomic E-state index is -1.59. The van der Waals surface area contributed by atoms with Gasteiger partial charge in [-0.3, -0.25) is 9.59 Å². The van der Waals surface area contributed by atoms with Crippen molar-refractivity contribution in [1.82, 2.24) is 4.90 Å². The van der Waals surface area contributed by atoms with E-state index in [1.807, 2.05) is 0 Å². The number of ether oxygens (including phenoxy) is 1. The zero-order valence-corrected chi connectivity index (χ0v) is 15.5. The number of hydrogen-bond donors (Lipinski definition) is 2. The topological polar surface area (TPSA) is 87.1 Å². The fourth-order valence-electron chi connectivity index (χ4n) is 3.66. The fourth-order valence-corrected chi connectivity index (χ4v) is 3.66. The Morgan fingerprint density at radius 1 is 1.25 bits per heavy atom. The van der Waals surface area contributed by atoms with Crippen molar-refractivity contribution in [2.24, 2.45) is 5.41 Å². The van der Waals surface area contributed by atoms with Crippen molar-refractivity contribution in [2.45, 2.75) is 18.9 Å². The zero-order valence-electron chi connectivity index (χ0n) is 15.5. The number of benzene rings is 2. The van der Waals surface area contributed by atoms with Gasteiger partial charge in [-0.05, 0) is 42.7 Å². The fraction of sp³-hybridized carbons (Fsp3) is 0.333. The molecule has 1 heterocycles. The Morgan fingerprint density at radius 2 is 2.00 bits per heavy atom. The van der Waals surface area contributed by atoms with Crippen molar-refractivity contribution in [1.29, 1.82) is 0 Å². The third-order valence-electron chi connectivity index (χ3n) is 5.25. The number of rotatable bonds is 5. The van der Waals surface area contributed by atoms with Gasteiger partial charge in [0.05, 0.1) is 18.8 Å². The third-order valence-corrected chi connectivity index (χ3v) is 5.25. The molecule has 2 atom stereocenters. The van der Waals surface area contributed by atoms with Crippen LogP contribution in [-0.4, -0.2) is 53.3 Å². The minimum absolute atomic E-state index is 0.0156. The quantitative estimate of drug-likeness (QED) is 0.823. The molecule has 1 amide bonds. The molecule has 0 bridgehead atoms. The van der Waals surface area contributed by atoms with Gasteiger partial charge in [-0.15, -0.1) is 0 Å². The highest BCUT2D eigenvalue weighted by atomic mass is 19.1. The maximum absolute atomic E-state index is 14.0. The van der Waals surface area contributed by atoms with E-state index in [1.54, 1.807) is 30.3 Å². The normalized spacial score (nSPS) is 22.0.